The van der Waals surface area contributed by atoms with E-state index < -0.39 is 28.3 Å². The first-order valence-electron chi connectivity index (χ1n) is 19.3. The van der Waals surface area contributed by atoms with Crippen molar-refractivity contribution in [1.82, 2.24) is 10.2 Å². The van der Waals surface area contributed by atoms with Crippen LogP contribution in [0.15, 0.2) is 52.7 Å². The molecule has 1 aromatic carbocycles. The molecule has 9 nitrogen and oxygen atoms in total. The molecule has 7 unspecified atom stereocenters. The molecule has 7 atom stereocenters. The van der Waals surface area contributed by atoms with Crippen molar-refractivity contribution < 1.29 is 33.7 Å². The van der Waals surface area contributed by atoms with Crippen LogP contribution in [0.3, 0.4) is 0 Å². The zero-order chi connectivity index (χ0) is 38.4. The third kappa shape index (κ3) is 5.76. The lowest BCUT2D eigenvalue weighted by molar-refractivity contribution is -0.171. The summed E-state index contributed by atoms with van der Waals surface area (Å²) in [5, 5.41) is 15.4. The van der Waals surface area contributed by atoms with Gasteiger partial charge in [-0.15, -0.1) is 0 Å². The van der Waals surface area contributed by atoms with Crippen LogP contribution in [0.1, 0.15) is 116 Å². The summed E-state index contributed by atoms with van der Waals surface area (Å²) >= 11 is 0. The van der Waals surface area contributed by atoms with Crippen LogP contribution in [0.25, 0.3) is 6.08 Å². The number of benzene rings is 1. The Morgan fingerprint density at radius 2 is 1.66 bits per heavy atom. The smallest absolute Gasteiger partial charge is 0.249 e. The molecule has 0 radical (unpaired) electrons. The number of ketones is 2. The van der Waals surface area contributed by atoms with E-state index in [-0.39, 0.29) is 59.0 Å². The summed E-state index contributed by atoms with van der Waals surface area (Å²) < 4.78 is 21.1. The number of hydrogen-bond acceptors (Lipinski definition) is 8. The van der Waals surface area contributed by atoms with Crippen molar-refractivity contribution >= 4 is 23.5 Å². The van der Waals surface area contributed by atoms with E-state index in [9.17, 15) is 14.7 Å². The van der Waals surface area contributed by atoms with Crippen LogP contribution in [-0.4, -0.2) is 75.1 Å². The number of phenols is 1. The fourth-order valence-electron chi connectivity index (χ4n) is 9.91. The quantitative estimate of drug-likeness (QED) is 0.211. The zero-order valence-electron chi connectivity index (χ0n) is 33.1. The predicted octanol–water partition coefficient (Wildman–Crippen LogP) is 7.36. The minimum Gasteiger partial charge on any atom is -0.506 e. The third-order valence-electron chi connectivity index (χ3n) is 12.3. The fourth-order valence-corrected chi connectivity index (χ4v) is 9.91. The number of amides is 1. The fraction of sp³-hybridized carbons (Fsp3) is 0.568. The molecule has 1 saturated carbocycles. The number of nitrogens with one attached hydrogen (secondary N) is 1. The molecule has 3 aliphatic carbocycles. The number of carbonyl (C=O) groups is 3. The topological polar surface area (TPSA) is 114 Å². The predicted molar refractivity (Wildman–Crippen MR) is 205 cm³/mol. The Morgan fingerprint density at radius 1 is 0.981 bits per heavy atom. The summed E-state index contributed by atoms with van der Waals surface area (Å²) in [5.41, 5.74) is -0.152. The van der Waals surface area contributed by atoms with Crippen molar-refractivity contribution in [3.05, 3.63) is 69.4 Å². The highest BCUT2D eigenvalue weighted by molar-refractivity contribution is 6.19. The van der Waals surface area contributed by atoms with Gasteiger partial charge >= 0.3 is 0 Å². The van der Waals surface area contributed by atoms with Crippen LogP contribution < -0.4 is 14.8 Å². The summed E-state index contributed by atoms with van der Waals surface area (Å²) in [6, 6.07) is 0.324. The van der Waals surface area contributed by atoms with E-state index in [1.54, 1.807) is 13.0 Å². The number of hydrogen-bond donors (Lipinski definition) is 2. The number of ether oxygens (including phenoxy) is 3. The lowest BCUT2D eigenvalue weighted by Crippen LogP contribution is -2.72. The third-order valence-corrected chi connectivity index (χ3v) is 12.3. The van der Waals surface area contributed by atoms with Gasteiger partial charge in [0.15, 0.2) is 22.8 Å². The Hall–Kier alpha value is -3.95. The molecule has 2 saturated heterocycles. The van der Waals surface area contributed by atoms with Gasteiger partial charge in [-0.2, -0.15) is 0 Å². The maximum atomic E-state index is 15.0. The molecule has 0 aromatic heterocycles. The number of allylic oxidation sites excluding steroid dienone is 5. The van der Waals surface area contributed by atoms with Gasteiger partial charge in [0.25, 0.3) is 0 Å². The molecular formula is C44H56N2O7. The Kier molecular flexibility index (Phi) is 9.05. The van der Waals surface area contributed by atoms with Crippen molar-refractivity contribution in [2.24, 2.45) is 11.8 Å². The Labute approximate surface area is 314 Å². The molecule has 284 valence electrons. The first kappa shape index (κ1) is 37.4. The van der Waals surface area contributed by atoms with Gasteiger partial charge in [-0.1, -0.05) is 35.5 Å². The SMILES string of the molecule is CC(C)=CCCC1(C)C=Cc2c(O)c3c(c(CC=C(C)C)c2O1)OC12C(=CC4CC1C(C)(C)OC2(CC=C(C)C(=O)N1CC(C)NC(C)C1)C4=O)C3=O. The number of fused-ring (bicyclic) bond motifs is 2. The van der Waals surface area contributed by atoms with Crippen molar-refractivity contribution in [3.8, 4) is 17.2 Å². The van der Waals surface area contributed by atoms with E-state index in [0.29, 0.717) is 60.4 Å². The van der Waals surface area contributed by atoms with Crippen LogP contribution in [0.4, 0.5) is 0 Å². The molecule has 1 aromatic rings. The van der Waals surface area contributed by atoms with Crippen LogP contribution in [0.5, 0.6) is 17.2 Å². The van der Waals surface area contributed by atoms with Gasteiger partial charge in [-0.3, -0.25) is 14.4 Å². The molecular weight excluding hydrogens is 668 g/mol. The van der Waals surface area contributed by atoms with E-state index in [4.69, 9.17) is 14.2 Å². The second kappa shape index (κ2) is 12.8. The molecule has 3 fully saturated rings. The van der Waals surface area contributed by atoms with Gasteiger partial charge < -0.3 is 29.5 Å². The zero-order valence-corrected chi connectivity index (χ0v) is 33.1. The number of phenolic OH excluding ortho intramolecular Hbond substituents is 1. The van der Waals surface area contributed by atoms with Crippen LogP contribution in [0, 0.1) is 11.8 Å². The van der Waals surface area contributed by atoms with Crippen LogP contribution in [0.2, 0.25) is 0 Å². The normalized spacial score (nSPS) is 33.3. The van der Waals surface area contributed by atoms with Gasteiger partial charge in [0, 0.05) is 60.1 Å². The summed E-state index contributed by atoms with van der Waals surface area (Å²) in [5.74, 6) is -0.942. The highest BCUT2D eigenvalue weighted by atomic mass is 16.6. The van der Waals surface area contributed by atoms with E-state index in [2.05, 4.69) is 45.2 Å². The molecule has 4 aliphatic heterocycles. The molecule has 4 heterocycles. The number of nitrogens with zero attached hydrogens (tertiary/aromatic N) is 1. The summed E-state index contributed by atoms with van der Waals surface area (Å²) in [7, 11) is 0. The molecule has 2 N–H and O–H groups in total. The first-order chi connectivity index (χ1) is 24.8. The maximum absolute atomic E-state index is 15.0. The van der Waals surface area contributed by atoms with E-state index in [0.717, 1.165) is 12.0 Å². The van der Waals surface area contributed by atoms with E-state index in [1.165, 1.54) is 5.57 Å². The summed E-state index contributed by atoms with van der Waals surface area (Å²) in [6.07, 6.45) is 14.1. The average Bonchev–Trinajstić information content (AvgIpc) is 3.22. The number of Topliss-reactive ketones (excluding diaryl/α,β-unsaturated/α-hetero) is 2. The van der Waals surface area contributed by atoms with Crippen molar-refractivity contribution in [1.29, 1.82) is 0 Å². The standard InChI is InChI=1S/C44H56N2O7/c1-24(2)12-11-17-42(10)18-16-30-35(47)34-36(48)32-20-29-21-33-41(8,9)53-43(39(29)49,19-15-26(5)40(50)46-22-27(6)45-28(7)23-46)44(32,33)52-38(34)31(37(30)51-42)14-13-25(3)4/h12-13,15-16,18,20,27-29,33,45,47H,11,14,17,19,21-23H2,1-10H3. The molecule has 8 rings (SSSR count). The van der Waals surface area contributed by atoms with Gasteiger partial charge in [0.2, 0.25) is 5.91 Å². The Morgan fingerprint density at radius 3 is 2.32 bits per heavy atom. The number of carbonyl (C=O) groups excluding carboxylic acids is 3. The monoisotopic (exact) mass is 724 g/mol. The van der Waals surface area contributed by atoms with E-state index in [1.807, 2.05) is 57.7 Å². The van der Waals surface area contributed by atoms with E-state index >= 15 is 4.79 Å². The number of rotatable bonds is 8. The van der Waals surface area contributed by atoms with Gasteiger partial charge in [-0.25, -0.2) is 0 Å². The highest BCUT2D eigenvalue weighted by Gasteiger charge is 2.81. The molecule has 4 bridgehead atoms. The lowest BCUT2D eigenvalue weighted by Gasteiger charge is -2.56. The molecule has 7 aliphatic rings. The van der Waals surface area contributed by atoms with Crippen LogP contribution >= 0.6 is 0 Å². The average molecular weight is 725 g/mol. The Balaban J connectivity index is 1.37. The molecule has 53 heavy (non-hydrogen) atoms. The second-order valence-corrected chi connectivity index (χ2v) is 17.6. The summed E-state index contributed by atoms with van der Waals surface area (Å²) in [4.78, 5) is 45.4. The largest absolute Gasteiger partial charge is 0.506 e. The van der Waals surface area contributed by atoms with Gasteiger partial charge in [-0.05, 0) is 107 Å². The molecule has 9 heteroatoms. The van der Waals surface area contributed by atoms with Crippen molar-refractivity contribution in [3.63, 3.8) is 0 Å². The lowest BCUT2D eigenvalue weighted by atomic mass is 9.51. The minimum atomic E-state index is -1.56. The first-order valence-corrected chi connectivity index (χ1v) is 19.3. The Bertz CT molecular complexity index is 1930. The summed E-state index contributed by atoms with van der Waals surface area (Å²) in [6.45, 7) is 21.2. The maximum Gasteiger partial charge on any atom is 0.249 e. The number of piperazine rings is 1. The minimum absolute atomic E-state index is 0.0683. The van der Waals surface area contributed by atoms with Crippen molar-refractivity contribution in [2.75, 3.05) is 13.1 Å². The van der Waals surface area contributed by atoms with Gasteiger partial charge in [0.1, 0.15) is 28.4 Å². The highest BCUT2D eigenvalue weighted by Crippen LogP contribution is 2.68. The molecule has 1 spiro atoms. The van der Waals surface area contributed by atoms with Gasteiger partial charge in [0.05, 0.1) is 11.2 Å². The van der Waals surface area contributed by atoms with Crippen molar-refractivity contribution in [2.45, 2.75) is 136 Å². The second-order valence-electron chi connectivity index (χ2n) is 17.6. The molecule has 1 amide bonds. The van der Waals surface area contributed by atoms with Crippen LogP contribution in [-0.2, 0) is 20.7 Å². The number of aromatic hydroxyl groups is 1.